The Morgan fingerprint density at radius 3 is 2.79 bits per heavy atom. The van der Waals surface area contributed by atoms with Gasteiger partial charge in [-0.2, -0.15) is 4.31 Å². The summed E-state index contributed by atoms with van der Waals surface area (Å²) in [7, 11) is -1.27. The van der Waals surface area contributed by atoms with Gasteiger partial charge in [-0.15, -0.1) is 0 Å². The van der Waals surface area contributed by atoms with Gasteiger partial charge in [0.05, 0.1) is 16.7 Å². The number of aromatic amines is 1. The normalized spacial score (nSPS) is 29.2. The number of nitrogens with zero attached hydrogens (tertiary/aromatic N) is 4. The molecule has 4 rings (SSSR count). The van der Waals surface area contributed by atoms with Crippen LogP contribution in [0.5, 0.6) is 0 Å². The van der Waals surface area contributed by atoms with Crippen molar-refractivity contribution in [2.75, 3.05) is 30.8 Å². The maximum absolute atomic E-state index is 12.9. The molecular formula is C20H31N5O3S. The molecule has 2 aromatic rings. The molecule has 1 saturated carbocycles. The van der Waals surface area contributed by atoms with Crippen LogP contribution in [0.3, 0.4) is 0 Å². The van der Waals surface area contributed by atoms with Crippen molar-refractivity contribution in [3.05, 3.63) is 18.6 Å². The zero-order chi connectivity index (χ0) is 20.6. The first kappa shape index (κ1) is 20.6. The lowest BCUT2D eigenvalue weighted by Crippen LogP contribution is -2.50. The fourth-order valence-corrected chi connectivity index (χ4v) is 6.85. The van der Waals surface area contributed by atoms with Crippen LogP contribution >= 0.6 is 0 Å². The first-order valence-electron chi connectivity index (χ1n) is 10.5. The smallest absolute Gasteiger partial charge is 0.214 e. The number of nitrogens with one attached hydrogen (secondary N) is 1. The molecule has 1 aliphatic carbocycles. The van der Waals surface area contributed by atoms with E-state index in [0.717, 1.165) is 49.0 Å². The Hall–Kier alpha value is -1.71. The molecule has 0 spiro atoms. The number of H-pyrrole nitrogens is 1. The van der Waals surface area contributed by atoms with Gasteiger partial charge in [0.1, 0.15) is 17.8 Å². The van der Waals surface area contributed by atoms with Gasteiger partial charge in [0.15, 0.2) is 0 Å². The van der Waals surface area contributed by atoms with Crippen LogP contribution in [0.25, 0.3) is 11.0 Å². The molecule has 8 nitrogen and oxygen atoms in total. The van der Waals surface area contributed by atoms with Crippen molar-refractivity contribution in [3.8, 4) is 0 Å². The van der Waals surface area contributed by atoms with E-state index < -0.39 is 15.6 Å². The van der Waals surface area contributed by atoms with Crippen molar-refractivity contribution in [3.63, 3.8) is 0 Å². The third-order valence-electron chi connectivity index (χ3n) is 6.51. The van der Waals surface area contributed by atoms with Crippen molar-refractivity contribution in [2.45, 2.75) is 57.1 Å². The quantitative estimate of drug-likeness (QED) is 0.767. The van der Waals surface area contributed by atoms with Gasteiger partial charge in [-0.05, 0) is 57.4 Å². The summed E-state index contributed by atoms with van der Waals surface area (Å²) >= 11 is 0. The Morgan fingerprint density at radius 2 is 2.07 bits per heavy atom. The SMILES string of the molecule is CN(c1ncnc2[nH]ccc12)C1CCC(CS(=O)(=O)N2CCC[C@@](C)(O)C2)CC1. The summed E-state index contributed by atoms with van der Waals surface area (Å²) in [6.07, 6.45) is 8.51. The molecule has 160 valence electrons. The molecule has 1 atom stereocenters. The lowest BCUT2D eigenvalue weighted by molar-refractivity contribution is 0.00927. The Balaban J connectivity index is 1.36. The number of aromatic nitrogens is 3. The molecule has 2 fully saturated rings. The maximum atomic E-state index is 12.9. The molecule has 0 unspecified atom stereocenters. The van der Waals surface area contributed by atoms with Crippen molar-refractivity contribution < 1.29 is 13.5 Å². The average Bonchev–Trinajstić information content (AvgIpc) is 3.16. The summed E-state index contributed by atoms with van der Waals surface area (Å²) in [4.78, 5) is 14.1. The number of β-amino-alcohol motifs (C(OH)–C–C–N with tert-alkyl or cyclic N) is 1. The van der Waals surface area contributed by atoms with Crippen molar-refractivity contribution in [1.82, 2.24) is 19.3 Å². The monoisotopic (exact) mass is 421 g/mol. The summed E-state index contributed by atoms with van der Waals surface area (Å²) < 4.78 is 27.3. The van der Waals surface area contributed by atoms with E-state index in [9.17, 15) is 13.5 Å². The van der Waals surface area contributed by atoms with E-state index in [-0.39, 0.29) is 18.2 Å². The van der Waals surface area contributed by atoms with Gasteiger partial charge in [0.25, 0.3) is 0 Å². The molecule has 2 aliphatic rings. The van der Waals surface area contributed by atoms with Gasteiger partial charge in [-0.3, -0.25) is 0 Å². The Morgan fingerprint density at radius 1 is 1.31 bits per heavy atom. The molecule has 0 radical (unpaired) electrons. The number of fused-ring (bicyclic) bond motifs is 1. The van der Waals surface area contributed by atoms with Crippen molar-refractivity contribution in [2.24, 2.45) is 5.92 Å². The molecule has 0 aromatic carbocycles. The van der Waals surface area contributed by atoms with Crippen LogP contribution in [0.4, 0.5) is 5.82 Å². The topological polar surface area (TPSA) is 102 Å². The number of piperidine rings is 1. The molecule has 2 aromatic heterocycles. The average molecular weight is 422 g/mol. The molecule has 2 N–H and O–H groups in total. The van der Waals surface area contributed by atoms with Crippen molar-refractivity contribution in [1.29, 1.82) is 0 Å². The van der Waals surface area contributed by atoms with Gasteiger partial charge in [-0.25, -0.2) is 18.4 Å². The van der Waals surface area contributed by atoms with E-state index in [1.165, 1.54) is 4.31 Å². The second-order valence-corrected chi connectivity index (χ2v) is 10.9. The second kappa shape index (κ2) is 7.85. The lowest BCUT2D eigenvalue weighted by atomic mass is 9.86. The number of anilines is 1. The standard InChI is InChI=1S/C20H31N5O3S/c1-20(26)9-3-11-25(13-20)29(27,28)12-15-4-6-16(7-5-15)24(2)19-17-8-10-21-18(17)22-14-23-19/h8,10,14-16,26H,3-7,9,11-13H2,1-2H3,(H,21,22,23)/t15?,16?,20-/m1/s1. The van der Waals surface area contributed by atoms with Gasteiger partial charge in [-0.1, -0.05) is 0 Å². The van der Waals surface area contributed by atoms with Crippen LogP contribution in [-0.2, 0) is 10.0 Å². The van der Waals surface area contributed by atoms with Gasteiger partial charge in [0, 0.05) is 32.4 Å². The van der Waals surface area contributed by atoms with Gasteiger partial charge in [0.2, 0.25) is 10.0 Å². The van der Waals surface area contributed by atoms with E-state index in [4.69, 9.17) is 0 Å². The van der Waals surface area contributed by atoms with E-state index in [1.54, 1.807) is 13.3 Å². The highest BCUT2D eigenvalue weighted by atomic mass is 32.2. The van der Waals surface area contributed by atoms with Crippen LogP contribution in [-0.4, -0.2) is 70.3 Å². The summed E-state index contributed by atoms with van der Waals surface area (Å²) in [5.74, 6) is 1.28. The van der Waals surface area contributed by atoms with Crippen LogP contribution in [0.1, 0.15) is 45.4 Å². The first-order valence-corrected chi connectivity index (χ1v) is 12.1. The minimum Gasteiger partial charge on any atom is -0.389 e. The fourth-order valence-electron chi connectivity index (χ4n) is 4.83. The summed E-state index contributed by atoms with van der Waals surface area (Å²) in [6.45, 7) is 2.47. The van der Waals surface area contributed by atoms with E-state index >= 15 is 0 Å². The van der Waals surface area contributed by atoms with E-state index in [2.05, 4.69) is 26.9 Å². The van der Waals surface area contributed by atoms with Crippen LogP contribution < -0.4 is 4.90 Å². The number of hydrogen-bond acceptors (Lipinski definition) is 6. The maximum Gasteiger partial charge on any atom is 0.214 e. The number of aliphatic hydroxyl groups is 1. The van der Waals surface area contributed by atoms with E-state index in [0.29, 0.717) is 19.0 Å². The largest absolute Gasteiger partial charge is 0.389 e. The molecular weight excluding hydrogens is 390 g/mol. The minimum absolute atomic E-state index is 0.175. The highest BCUT2D eigenvalue weighted by Gasteiger charge is 2.36. The van der Waals surface area contributed by atoms with E-state index in [1.807, 2.05) is 12.3 Å². The van der Waals surface area contributed by atoms with Gasteiger partial charge >= 0.3 is 0 Å². The predicted octanol–water partition coefficient (Wildman–Crippen LogP) is 2.13. The highest BCUT2D eigenvalue weighted by molar-refractivity contribution is 7.89. The molecule has 0 amide bonds. The molecule has 29 heavy (non-hydrogen) atoms. The Bertz CT molecular complexity index is 950. The molecule has 1 saturated heterocycles. The highest BCUT2D eigenvalue weighted by Crippen LogP contribution is 2.33. The number of sulfonamides is 1. The third-order valence-corrected chi connectivity index (χ3v) is 8.50. The molecule has 3 heterocycles. The molecule has 9 heteroatoms. The van der Waals surface area contributed by atoms with Crippen LogP contribution in [0.15, 0.2) is 18.6 Å². The number of rotatable bonds is 5. The predicted molar refractivity (Wildman–Crippen MR) is 113 cm³/mol. The van der Waals surface area contributed by atoms with Crippen molar-refractivity contribution >= 4 is 26.9 Å². The number of hydrogen-bond donors (Lipinski definition) is 2. The lowest BCUT2D eigenvalue weighted by Gasteiger charge is -2.38. The summed E-state index contributed by atoms with van der Waals surface area (Å²) in [5, 5.41) is 11.3. The third kappa shape index (κ3) is 4.41. The molecule has 0 bridgehead atoms. The molecule has 1 aliphatic heterocycles. The summed E-state index contributed by atoms with van der Waals surface area (Å²) in [6, 6.07) is 2.34. The van der Waals surface area contributed by atoms with Crippen LogP contribution in [0, 0.1) is 5.92 Å². The zero-order valence-corrected chi connectivity index (χ0v) is 18.0. The second-order valence-electron chi connectivity index (χ2n) is 8.94. The van der Waals surface area contributed by atoms with Gasteiger partial charge < -0.3 is 15.0 Å². The zero-order valence-electron chi connectivity index (χ0n) is 17.2. The minimum atomic E-state index is -3.33. The first-order chi connectivity index (χ1) is 13.8. The summed E-state index contributed by atoms with van der Waals surface area (Å²) in [5.41, 5.74) is -0.0775. The van der Waals surface area contributed by atoms with Crippen LogP contribution in [0.2, 0.25) is 0 Å². The Kier molecular flexibility index (Phi) is 5.56. The Labute approximate surface area is 172 Å². The fraction of sp³-hybridized carbons (Fsp3) is 0.700.